The van der Waals surface area contributed by atoms with Gasteiger partial charge >= 0.3 is 12.1 Å². The number of carbonyl (C=O) groups is 1. The Bertz CT molecular complexity index is 862. The van der Waals surface area contributed by atoms with E-state index in [1.54, 1.807) is 11.0 Å². The minimum atomic E-state index is -5.08. The second-order valence-corrected chi connectivity index (χ2v) is 7.32. The topological polar surface area (TPSA) is 123 Å². The van der Waals surface area contributed by atoms with Crippen molar-refractivity contribution in [2.45, 2.75) is 25.8 Å². The van der Waals surface area contributed by atoms with Crippen LogP contribution in [0, 0.1) is 0 Å². The zero-order valence-corrected chi connectivity index (χ0v) is 14.3. The van der Waals surface area contributed by atoms with E-state index in [-0.39, 0.29) is 0 Å². The van der Waals surface area contributed by atoms with Crippen molar-refractivity contribution in [2.24, 2.45) is 0 Å². The van der Waals surface area contributed by atoms with Gasteiger partial charge < -0.3 is 9.67 Å². The number of halogens is 3. The van der Waals surface area contributed by atoms with Crippen LogP contribution in [0.25, 0.3) is 0 Å². The Morgan fingerprint density at radius 2 is 2.00 bits per heavy atom. The molecule has 10 nitrogen and oxygen atoms in total. The predicted molar refractivity (Wildman–Crippen MR) is 80.3 cm³/mol. The summed E-state index contributed by atoms with van der Waals surface area (Å²) in [6, 6.07) is 0. The lowest BCUT2D eigenvalue weighted by Gasteiger charge is -2.25. The highest BCUT2D eigenvalue weighted by Gasteiger charge is 2.38. The van der Waals surface area contributed by atoms with Gasteiger partial charge in [0.1, 0.15) is 18.5 Å². The number of aromatic nitrogens is 5. The molecule has 0 amide bonds. The van der Waals surface area contributed by atoms with Crippen LogP contribution in [0.3, 0.4) is 0 Å². The Hall–Kier alpha value is -2.48. The first-order chi connectivity index (χ1) is 12.0. The lowest BCUT2D eigenvalue weighted by molar-refractivity contribution is -0.192. The third-order valence-corrected chi connectivity index (χ3v) is 4.57. The van der Waals surface area contributed by atoms with E-state index in [1.807, 2.05) is 10.8 Å². The first-order valence-electron chi connectivity index (χ1n) is 7.09. The van der Waals surface area contributed by atoms with Crippen molar-refractivity contribution >= 4 is 16.0 Å². The average Bonchev–Trinajstić information content (AvgIpc) is 3.14. The van der Waals surface area contributed by atoms with Gasteiger partial charge in [-0.25, -0.2) is 27.9 Å². The molecular formula is C12H15F3N6O4S. The molecule has 14 heteroatoms. The molecule has 0 unspecified atom stereocenters. The molecule has 1 aliphatic rings. The van der Waals surface area contributed by atoms with Gasteiger partial charge in [-0.1, -0.05) is 0 Å². The van der Waals surface area contributed by atoms with Crippen molar-refractivity contribution in [3.05, 3.63) is 30.4 Å². The highest BCUT2D eigenvalue weighted by Crippen LogP contribution is 2.15. The first-order valence-corrected chi connectivity index (χ1v) is 8.94. The number of hydrogen-bond acceptors (Lipinski definition) is 6. The van der Waals surface area contributed by atoms with E-state index in [0.29, 0.717) is 26.2 Å². The second kappa shape index (κ2) is 7.41. The van der Waals surface area contributed by atoms with E-state index in [4.69, 9.17) is 9.90 Å². The Morgan fingerprint density at radius 1 is 1.35 bits per heavy atom. The van der Waals surface area contributed by atoms with Crippen molar-refractivity contribution in [1.82, 2.24) is 28.6 Å². The zero-order chi connectivity index (χ0) is 19.5. The summed E-state index contributed by atoms with van der Waals surface area (Å²) < 4.78 is 59.9. The van der Waals surface area contributed by atoms with Gasteiger partial charge in [-0.2, -0.15) is 22.6 Å². The van der Waals surface area contributed by atoms with Gasteiger partial charge in [-0.15, -0.1) is 0 Å². The Morgan fingerprint density at radius 3 is 2.50 bits per heavy atom. The SMILES string of the molecule is CS(=O)(=O)N1CCn2cc(Cn3cncn3)nc2C1.O=C(O)C(F)(F)F. The second-order valence-electron chi connectivity index (χ2n) is 5.33. The third kappa shape index (κ3) is 5.26. The fraction of sp³-hybridized carbons (Fsp3) is 0.500. The van der Waals surface area contributed by atoms with Gasteiger partial charge in [0.25, 0.3) is 0 Å². The van der Waals surface area contributed by atoms with Gasteiger partial charge in [0, 0.05) is 19.3 Å². The van der Waals surface area contributed by atoms with Crippen LogP contribution >= 0.6 is 0 Å². The van der Waals surface area contributed by atoms with Gasteiger partial charge in [0.15, 0.2) is 0 Å². The van der Waals surface area contributed by atoms with E-state index in [0.717, 1.165) is 11.5 Å². The standard InChI is InChI=1S/C10H14N6O2S.C2HF3O2/c1-19(17,18)16-3-2-14-4-9(13-10(14)6-16)5-15-8-11-7-12-15;3-2(4,5)1(6)7/h4,7-8H,2-3,5-6H2,1H3;(H,6,7). The quantitative estimate of drug-likeness (QED) is 0.770. The summed E-state index contributed by atoms with van der Waals surface area (Å²) >= 11 is 0. The molecule has 2 aromatic rings. The van der Waals surface area contributed by atoms with Crippen molar-refractivity contribution in [3.63, 3.8) is 0 Å². The van der Waals surface area contributed by atoms with Crippen LogP contribution in [-0.2, 0) is 34.5 Å². The molecular weight excluding hydrogens is 381 g/mol. The first kappa shape index (κ1) is 19.8. The molecule has 0 saturated heterocycles. The summed E-state index contributed by atoms with van der Waals surface area (Å²) in [7, 11) is -3.16. The summed E-state index contributed by atoms with van der Waals surface area (Å²) in [6.45, 7) is 1.99. The number of nitrogens with zero attached hydrogens (tertiary/aromatic N) is 6. The monoisotopic (exact) mass is 396 g/mol. The minimum absolute atomic E-state index is 0.330. The number of alkyl halides is 3. The van der Waals surface area contributed by atoms with Crippen LogP contribution < -0.4 is 0 Å². The smallest absolute Gasteiger partial charge is 0.475 e. The van der Waals surface area contributed by atoms with E-state index >= 15 is 0 Å². The fourth-order valence-corrected chi connectivity index (χ4v) is 2.89. The Labute approximate surface area is 145 Å². The molecule has 144 valence electrons. The Balaban J connectivity index is 0.000000298. The minimum Gasteiger partial charge on any atom is -0.475 e. The largest absolute Gasteiger partial charge is 0.490 e. The van der Waals surface area contributed by atoms with Crippen LogP contribution in [0.2, 0.25) is 0 Å². The number of carboxylic acid groups (broad SMARTS) is 1. The fourth-order valence-electron chi connectivity index (χ4n) is 2.13. The molecule has 0 bridgehead atoms. The number of hydrogen-bond donors (Lipinski definition) is 1. The number of carboxylic acids is 1. The number of rotatable bonds is 3. The third-order valence-electron chi connectivity index (χ3n) is 3.32. The van der Waals surface area contributed by atoms with Gasteiger partial charge in [-0.05, 0) is 0 Å². The highest BCUT2D eigenvalue weighted by molar-refractivity contribution is 7.88. The maximum absolute atomic E-state index is 11.5. The zero-order valence-electron chi connectivity index (χ0n) is 13.5. The maximum atomic E-state index is 11.5. The molecule has 0 aliphatic carbocycles. The predicted octanol–water partition coefficient (Wildman–Crippen LogP) is -0.0686. The number of imidazole rings is 1. The molecule has 0 aromatic carbocycles. The summed E-state index contributed by atoms with van der Waals surface area (Å²) in [5.41, 5.74) is 0.857. The summed E-state index contributed by atoms with van der Waals surface area (Å²) in [6.07, 6.45) is 1.18. The van der Waals surface area contributed by atoms with Gasteiger partial charge in [-0.3, -0.25) is 0 Å². The average molecular weight is 396 g/mol. The molecule has 3 heterocycles. The molecule has 0 saturated carbocycles. The van der Waals surface area contributed by atoms with Gasteiger partial charge in [0.05, 0.1) is 25.0 Å². The van der Waals surface area contributed by atoms with E-state index < -0.39 is 22.2 Å². The molecule has 0 spiro atoms. The van der Waals surface area contributed by atoms with Crippen molar-refractivity contribution in [2.75, 3.05) is 12.8 Å². The maximum Gasteiger partial charge on any atom is 0.490 e. The number of fused-ring (bicyclic) bond motifs is 1. The van der Waals surface area contributed by atoms with Crippen molar-refractivity contribution in [3.8, 4) is 0 Å². The highest BCUT2D eigenvalue weighted by atomic mass is 32.2. The molecule has 26 heavy (non-hydrogen) atoms. The van der Waals surface area contributed by atoms with Gasteiger partial charge in [0.2, 0.25) is 10.0 Å². The van der Waals surface area contributed by atoms with Crippen LogP contribution in [0.15, 0.2) is 18.9 Å². The van der Waals surface area contributed by atoms with Crippen LogP contribution in [0.4, 0.5) is 13.2 Å². The van der Waals surface area contributed by atoms with E-state index in [9.17, 15) is 21.6 Å². The number of sulfonamides is 1. The van der Waals surface area contributed by atoms with Crippen molar-refractivity contribution < 1.29 is 31.5 Å². The van der Waals surface area contributed by atoms with Crippen LogP contribution in [-0.4, -0.2) is 67.1 Å². The van der Waals surface area contributed by atoms with Crippen LogP contribution in [0.1, 0.15) is 11.5 Å². The molecule has 1 N–H and O–H groups in total. The normalized spacial score (nSPS) is 15.1. The van der Waals surface area contributed by atoms with E-state index in [2.05, 4.69) is 15.1 Å². The summed E-state index contributed by atoms with van der Waals surface area (Å²) in [4.78, 5) is 17.2. The molecule has 3 rings (SSSR count). The lowest BCUT2D eigenvalue weighted by Crippen LogP contribution is -2.37. The molecule has 0 atom stereocenters. The molecule has 0 radical (unpaired) electrons. The van der Waals surface area contributed by atoms with E-state index in [1.165, 1.54) is 16.9 Å². The molecule has 2 aromatic heterocycles. The summed E-state index contributed by atoms with van der Waals surface area (Å²) in [5.74, 6) is -1.99. The summed E-state index contributed by atoms with van der Waals surface area (Å²) in [5, 5.41) is 11.1. The molecule has 1 aliphatic heterocycles. The Kier molecular flexibility index (Phi) is 5.65. The number of aliphatic carboxylic acids is 1. The van der Waals surface area contributed by atoms with Crippen LogP contribution in [0.5, 0.6) is 0 Å². The van der Waals surface area contributed by atoms with Crippen molar-refractivity contribution in [1.29, 1.82) is 0 Å². The lowest BCUT2D eigenvalue weighted by atomic mass is 10.4. The molecule has 0 fully saturated rings.